The number of benzene rings is 2. The summed E-state index contributed by atoms with van der Waals surface area (Å²) in [5, 5.41) is 4.44. The molecule has 8 nitrogen and oxygen atoms in total. The number of rotatable bonds is 6. The highest BCUT2D eigenvalue weighted by Crippen LogP contribution is 2.28. The normalized spacial score (nSPS) is 14.7. The van der Waals surface area contributed by atoms with Crippen LogP contribution in [0.15, 0.2) is 83.5 Å². The van der Waals surface area contributed by atoms with E-state index in [2.05, 4.69) is 86.5 Å². The van der Waals surface area contributed by atoms with Gasteiger partial charge in [-0.1, -0.05) is 42.5 Å². The van der Waals surface area contributed by atoms with E-state index >= 15 is 0 Å². The Bertz CT molecular complexity index is 1450. The van der Waals surface area contributed by atoms with Crippen molar-refractivity contribution in [3.8, 4) is 22.8 Å². The van der Waals surface area contributed by atoms with E-state index in [0.717, 1.165) is 43.7 Å². The first-order chi connectivity index (χ1) is 17.6. The maximum atomic E-state index is 6.24. The first-order valence-electron chi connectivity index (χ1n) is 12.3. The molecule has 2 N–H and O–H groups in total. The van der Waals surface area contributed by atoms with E-state index in [0.29, 0.717) is 29.2 Å². The van der Waals surface area contributed by atoms with Crippen LogP contribution in [-0.2, 0) is 6.54 Å². The molecule has 2 aromatic carbocycles. The van der Waals surface area contributed by atoms with Crippen LogP contribution >= 0.6 is 0 Å². The average Bonchev–Trinajstić information content (AvgIpc) is 3.60. The van der Waals surface area contributed by atoms with Gasteiger partial charge in [-0.2, -0.15) is 4.52 Å². The van der Waals surface area contributed by atoms with E-state index in [1.54, 1.807) is 10.8 Å². The lowest BCUT2D eigenvalue weighted by Gasteiger charge is -2.38. The minimum atomic E-state index is 0.292. The number of hydrogen-bond acceptors (Lipinski definition) is 7. The Kier molecular flexibility index (Phi) is 5.87. The largest absolute Gasteiger partial charge is 0.461 e. The van der Waals surface area contributed by atoms with E-state index in [-0.39, 0.29) is 0 Å². The molecule has 1 aliphatic heterocycles. The minimum Gasteiger partial charge on any atom is -0.461 e. The summed E-state index contributed by atoms with van der Waals surface area (Å²) in [6.07, 6.45) is 3.88. The maximum Gasteiger partial charge on any atom is 0.223 e. The fourth-order valence-electron chi connectivity index (χ4n) is 5.00. The van der Waals surface area contributed by atoms with Crippen LogP contribution in [0.5, 0.6) is 0 Å². The van der Waals surface area contributed by atoms with Gasteiger partial charge in [-0.25, -0.2) is 9.97 Å². The molecule has 0 bridgehead atoms. The molecule has 0 amide bonds. The van der Waals surface area contributed by atoms with Crippen molar-refractivity contribution < 1.29 is 4.42 Å². The van der Waals surface area contributed by atoms with Gasteiger partial charge in [-0.3, -0.25) is 4.90 Å². The number of nitrogens with two attached hydrogens (primary N) is 1. The van der Waals surface area contributed by atoms with E-state index in [9.17, 15) is 0 Å². The predicted octanol–water partition coefficient (Wildman–Crippen LogP) is 4.73. The monoisotopic (exact) mass is 479 g/mol. The van der Waals surface area contributed by atoms with Crippen LogP contribution in [-0.4, -0.2) is 50.7 Å². The Balaban J connectivity index is 1.18. The van der Waals surface area contributed by atoms with Crippen LogP contribution < -0.4 is 10.6 Å². The molecule has 0 saturated carbocycles. The SMILES string of the molecule is CN(Cc1ccccc1)C1CCN(c2cccc(-c3cc4nc(-c5ccco5)nn4c(N)n3)c2)CC1. The van der Waals surface area contributed by atoms with Crippen molar-refractivity contribution in [2.45, 2.75) is 25.4 Å². The van der Waals surface area contributed by atoms with Crippen molar-refractivity contribution in [3.05, 3.63) is 84.6 Å². The van der Waals surface area contributed by atoms with Crippen molar-refractivity contribution in [1.29, 1.82) is 0 Å². The van der Waals surface area contributed by atoms with Crippen LogP contribution in [0, 0.1) is 0 Å². The second kappa shape index (κ2) is 9.47. The number of piperidine rings is 1. The molecule has 182 valence electrons. The van der Waals surface area contributed by atoms with Crippen LogP contribution in [0.2, 0.25) is 0 Å². The fraction of sp³-hybridized carbons (Fsp3) is 0.250. The number of furan rings is 1. The summed E-state index contributed by atoms with van der Waals surface area (Å²) in [6, 6.07) is 25.3. The lowest BCUT2D eigenvalue weighted by molar-refractivity contribution is 0.200. The third-order valence-corrected chi connectivity index (χ3v) is 6.96. The van der Waals surface area contributed by atoms with Gasteiger partial charge in [-0.15, -0.1) is 5.10 Å². The summed E-state index contributed by atoms with van der Waals surface area (Å²) < 4.78 is 6.97. The van der Waals surface area contributed by atoms with Gasteiger partial charge in [0.25, 0.3) is 0 Å². The van der Waals surface area contributed by atoms with Crippen molar-refractivity contribution in [1.82, 2.24) is 24.5 Å². The van der Waals surface area contributed by atoms with Crippen LogP contribution in [0.3, 0.4) is 0 Å². The quantitative estimate of drug-likeness (QED) is 0.376. The van der Waals surface area contributed by atoms with Gasteiger partial charge in [0.2, 0.25) is 11.8 Å². The summed E-state index contributed by atoms with van der Waals surface area (Å²) in [4.78, 5) is 14.2. The highest BCUT2D eigenvalue weighted by atomic mass is 16.3. The van der Waals surface area contributed by atoms with Crippen LogP contribution in [0.25, 0.3) is 28.5 Å². The summed E-state index contributed by atoms with van der Waals surface area (Å²) in [6.45, 7) is 3.04. The molecule has 3 aromatic heterocycles. The van der Waals surface area contributed by atoms with E-state index in [1.165, 1.54) is 11.3 Å². The molecule has 4 heterocycles. The van der Waals surface area contributed by atoms with Gasteiger partial charge < -0.3 is 15.1 Å². The van der Waals surface area contributed by atoms with Crippen molar-refractivity contribution in [3.63, 3.8) is 0 Å². The van der Waals surface area contributed by atoms with E-state index < -0.39 is 0 Å². The summed E-state index contributed by atoms with van der Waals surface area (Å²) >= 11 is 0. The Hall–Kier alpha value is -4.17. The number of aromatic nitrogens is 4. The van der Waals surface area contributed by atoms with Crippen LogP contribution in [0.1, 0.15) is 18.4 Å². The second-order valence-corrected chi connectivity index (χ2v) is 9.35. The van der Waals surface area contributed by atoms with Gasteiger partial charge >= 0.3 is 0 Å². The minimum absolute atomic E-state index is 0.292. The highest BCUT2D eigenvalue weighted by molar-refractivity contribution is 5.70. The lowest BCUT2D eigenvalue weighted by atomic mass is 10.0. The fourth-order valence-corrected chi connectivity index (χ4v) is 5.00. The summed E-state index contributed by atoms with van der Waals surface area (Å²) in [5.74, 6) is 1.37. The van der Waals surface area contributed by atoms with E-state index in [4.69, 9.17) is 10.2 Å². The predicted molar refractivity (Wildman–Crippen MR) is 141 cm³/mol. The Morgan fingerprint density at radius 2 is 1.81 bits per heavy atom. The van der Waals surface area contributed by atoms with Gasteiger partial charge in [0, 0.05) is 43.0 Å². The molecule has 1 aliphatic rings. The average molecular weight is 480 g/mol. The van der Waals surface area contributed by atoms with Crippen molar-refractivity contribution in [2.24, 2.45) is 0 Å². The smallest absolute Gasteiger partial charge is 0.223 e. The van der Waals surface area contributed by atoms with E-state index in [1.807, 2.05) is 18.2 Å². The number of nitrogen functional groups attached to an aromatic ring is 1. The number of fused-ring (bicyclic) bond motifs is 1. The third-order valence-electron chi connectivity index (χ3n) is 6.96. The number of hydrogen-bond donors (Lipinski definition) is 1. The summed E-state index contributed by atoms with van der Waals surface area (Å²) in [5.41, 5.74) is 11.2. The van der Waals surface area contributed by atoms with Gasteiger partial charge in [-0.05, 0) is 49.7 Å². The Morgan fingerprint density at radius 1 is 0.972 bits per heavy atom. The first kappa shape index (κ1) is 22.3. The number of nitrogens with zero attached hydrogens (tertiary/aromatic N) is 6. The second-order valence-electron chi connectivity index (χ2n) is 9.35. The molecule has 8 heteroatoms. The van der Waals surface area contributed by atoms with Gasteiger partial charge in [0.05, 0.1) is 12.0 Å². The molecule has 0 unspecified atom stereocenters. The Morgan fingerprint density at radius 3 is 2.58 bits per heavy atom. The number of anilines is 2. The van der Waals surface area contributed by atoms with Crippen LogP contribution in [0.4, 0.5) is 11.6 Å². The Labute approximate surface area is 210 Å². The summed E-state index contributed by atoms with van der Waals surface area (Å²) in [7, 11) is 2.24. The molecule has 0 atom stereocenters. The highest BCUT2D eigenvalue weighted by Gasteiger charge is 2.23. The zero-order valence-corrected chi connectivity index (χ0v) is 20.3. The standard InChI is InChI=1S/C28H29N7O/c1-33(19-20-7-3-2-4-8-20)22-12-14-34(15-13-22)23-10-5-9-21(17-23)24-18-26-31-27(25-11-6-16-36-25)32-35(26)28(29)30-24/h2-11,16-18,22H,12-15,19H2,1H3,(H2,29,30). The maximum absolute atomic E-state index is 6.24. The molecule has 0 radical (unpaired) electrons. The van der Waals surface area contributed by atoms with Crippen molar-refractivity contribution in [2.75, 3.05) is 30.8 Å². The zero-order chi connectivity index (χ0) is 24.5. The molecule has 36 heavy (non-hydrogen) atoms. The third kappa shape index (κ3) is 4.43. The molecule has 1 saturated heterocycles. The molecule has 0 spiro atoms. The van der Waals surface area contributed by atoms with Gasteiger partial charge in [0.1, 0.15) is 0 Å². The molecule has 0 aliphatic carbocycles. The molecule has 6 rings (SSSR count). The van der Waals surface area contributed by atoms with Crippen molar-refractivity contribution >= 4 is 17.3 Å². The molecular formula is C28H29N7O. The zero-order valence-electron chi connectivity index (χ0n) is 20.3. The first-order valence-corrected chi connectivity index (χ1v) is 12.3. The molecule has 5 aromatic rings. The lowest BCUT2D eigenvalue weighted by Crippen LogP contribution is -2.43. The molecular weight excluding hydrogens is 450 g/mol. The molecule has 1 fully saturated rings. The van der Waals surface area contributed by atoms with Gasteiger partial charge in [0.15, 0.2) is 11.4 Å². The topological polar surface area (TPSA) is 88.7 Å².